The normalized spacial score (nSPS) is 16.3. The van der Waals surface area contributed by atoms with E-state index in [0.717, 1.165) is 32.1 Å². The van der Waals surface area contributed by atoms with Crippen molar-refractivity contribution in [2.75, 3.05) is 6.54 Å². The van der Waals surface area contributed by atoms with E-state index in [1.807, 2.05) is 12.1 Å². The van der Waals surface area contributed by atoms with Gasteiger partial charge in [-0.15, -0.1) is 0 Å². The van der Waals surface area contributed by atoms with Gasteiger partial charge in [0.1, 0.15) is 6.04 Å². The first-order chi connectivity index (χ1) is 10.6. The predicted octanol–water partition coefficient (Wildman–Crippen LogP) is 2.35. The van der Waals surface area contributed by atoms with Crippen LogP contribution in [0.4, 0.5) is 0 Å². The van der Waals surface area contributed by atoms with Crippen LogP contribution in [0.2, 0.25) is 0 Å². The maximum absolute atomic E-state index is 12.0. The summed E-state index contributed by atoms with van der Waals surface area (Å²) >= 11 is 0. The molecule has 4 heteroatoms. The molecule has 1 fully saturated rings. The van der Waals surface area contributed by atoms with Crippen molar-refractivity contribution >= 4 is 11.8 Å². The van der Waals surface area contributed by atoms with E-state index in [4.69, 9.17) is 0 Å². The second-order valence-electron chi connectivity index (χ2n) is 6.18. The fourth-order valence-corrected chi connectivity index (χ4v) is 2.95. The number of carbonyl (C=O) groups is 2. The van der Waals surface area contributed by atoms with E-state index in [1.54, 1.807) is 6.92 Å². The Labute approximate surface area is 132 Å². The van der Waals surface area contributed by atoms with Crippen molar-refractivity contribution in [1.29, 1.82) is 0 Å². The number of aryl methyl sites for hydroxylation is 1. The van der Waals surface area contributed by atoms with Gasteiger partial charge in [-0.3, -0.25) is 9.59 Å². The first-order valence-corrected chi connectivity index (χ1v) is 8.20. The van der Waals surface area contributed by atoms with Gasteiger partial charge in [-0.2, -0.15) is 0 Å². The number of nitrogens with one attached hydrogen (secondary N) is 2. The van der Waals surface area contributed by atoms with Gasteiger partial charge < -0.3 is 10.6 Å². The van der Waals surface area contributed by atoms with Crippen LogP contribution in [0, 0.1) is 12.8 Å². The topological polar surface area (TPSA) is 58.2 Å². The number of hydrogen-bond donors (Lipinski definition) is 2. The van der Waals surface area contributed by atoms with Crippen molar-refractivity contribution in [3.05, 3.63) is 35.4 Å². The Bertz CT molecular complexity index is 522. The lowest BCUT2D eigenvalue weighted by atomic mass is 10.1. The molecule has 0 aliphatic heterocycles. The van der Waals surface area contributed by atoms with E-state index < -0.39 is 6.04 Å². The molecule has 1 saturated carbocycles. The molecule has 2 rings (SSSR count). The molecular weight excluding hydrogens is 276 g/mol. The van der Waals surface area contributed by atoms with E-state index >= 15 is 0 Å². The smallest absolute Gasteiger partial charge is 0.242 e. The summed E-state index contributed by atoms with van der Waals surface area (Å²) in [6.45, 7) is 4.41. The van der Waals surface area contributed by atoms with Crippen LogP contribution in [0.5, 0.6) is 0 Å². The van der Waals surface area contributed by atoms with Gasteiger partial charge in [-0.25, -0.2) is 0 Å². The summed E-state index contributed by atoms with van der Waals surface area (Å²) in [6, 6.07) is 7.70. The van der Waals surface area contributed by atoms with Crippen molar-refractivity contribution in [3.8, 4) is 0 Å². The second kappa shape index (κ2) is 7.97. The van der Waals surface area contributed by atoms with Crippen molar-refractivity contribution in [1.82, 2.24) is 10.6 Å². The quantitative estimate of drug-likeness (QED) is 0.847. The molecule has 0 saturated heterocycles. The fourth-order valence-electron chi connectivity index (χ4n) is 2.95. The molecule has 22 heavy (non-hydrogen) atoms. The monoisotopic (exact) mass is 302 g/mol. The van der Waals surface area contributed by atoms with Gasteiger partial charge in [0.15, 0.2) is 0 Å². The minimum absolute atomic E-state index is 0.0269. The Morgan fingerprint density at radius 3 is 2.59 bits per heavy atom. The van der Waals surface area contributed by atoms with E-state index in [0.29, 0.717) is 6.54 Å². The molecule has 0 spiro atoms. The highest BCUT2D eigenvalue weighted by atomic mass is 16.2. The van der Waals surface area contributed by atoms with Crippen LogP contribution < -0.4 is 10.6 Å². The Balaban J connectivity index is 1.72. The number of hydrogen-bond acceptors (Lipinski definition) is 2. The zero-order valence-electron chi connectivity index (χ0n) is 13.5. The number of carbonyl (C=O) groups excluding carboxylic acids is 2. The third kappa shape index (κ3) is 4.58. The van der Waals surface area contributed by atoms with Crippen molar-refractivity contribution in [2.45, 2.75) is 52.0 Å². The maximum atomic E-state index is 12.0. The Hall–Kier alpha value is -1.84. The lowest BCUT2D eigenvalue weighted by molar-refractivity contribution is -0.130. The molecule has 1 aliphatic rings. The molecule has 1 aromatic carbocycles. The number of benzene rings is 1. The van der Waals surface area contributed by atoms with Gasteiger partial charge >= 0.3 is 0 Å². The van der Waals surface area contributed by atoms with Crippen LogP contribution in [0.3, 0.4) is 0 Å². The van der Waals surface area contributed by atoms with Crippen LogP contribution in [0.1, 0.15) is 43.7 Å². The molecule has 0 heterocycles. The molecule has 0 aromatic heterocycles. The lowest BCUT2D eigenvalue weighted by Crippen LogP contribution is -2.46. The summed E-state index contributed by atoms with van der Waals surface area (Å²) in [4.78, 5) is 24.1. The summed E-state index contributed by atoms with van der Waals surface area (Å²) in [5.74, 6) is 0.0150. The number of rotatable bonds is 6. The highest BCUT2D eigenvalue weighted by Crippen LogP contribution is 2.24. The average molecular weight is 302 g/mol. The fraction of sp³-hybridized carbons (Fsp3) is 0.556. The van der Waals surface area contributed by atoms with E-state index in [1.165, 1.54) is 11.1 Å². The minimum Gasteiger partial charge on any atom is -0.354 e. The van der Waals surface area contributed by atoms with Gasteiger partial charge in [-0.1, -0.05) is 37.1 Å². The molecule has 4 nitrogen and oxygen atoms in total. The average Bonchev–Trinajstić information content (AvgIpc) is 3.03. The molecule has 1 aromatic rings. The first-order valence-electron chi connectivity index (χ1n) is 8.20. The van der Waals surface area contributed by atoms with Gasteiger partial charge in [-0.05, 0) is 44.2 Å². The van der Waals surface area contributed by atoms with E-state index in [2.05, 4.69) is 29.7 Å². The Morgan fingerprint density at radius 2 is 1.91 bits per heavy atom. The molecule has 0 radical (unpaired) electrons. The van der Waals surface area contributed by atoms with Crippen LogP contribution in [0.25, 0.3) is 0 Å². The van der Waals surface area contributed by atoms with Gasteiger partial charge in [0.2, 0.25) is 11.8 Å². The maximum Gasteiger partial charge on any atom is 0.242 e. The molecule has 2 amide bonds. The molecule has 0 bridgehead atoms. The minimum atomic E-state index is -0.468. The Kier molecular flexibility index (Phi) is 5.99. The third-order valence-corrected chi connectivity index (χ3v) is 4.43. The van der Waals surface area contributed by atoms with Gasteiger partial charge in [0, 0.05) is 12.5 Å². The summed E-state index contributed by atoms with van der Waals surface area (Å²) < 4.78 is 0. The van der Waals surface area contributed by atoms with Gasteiger partial charge in [0.05, 0.1) is 0 Å². The molecule has 2 N–H and O–H groups in total. The molecule has 1 atom stereocenters. The molecule has 120 valence electrons. The molecule has 0 unspecified atom stereocenters. The van der Waals surface area contributed by atoms with E-state index in [-0.39, 0.29) is 17.7 Å². The number of amides is 2. The van der Waals surface area contributed by atoms with E-state index in [9.17, 15) is 9.59 Å². The largest absolute Gasteiger partial charge is 0.354 e. The van der Waals surface area contributed by atoms with Crippen LogP contribution in [-0.4, -0.2) is 24.4 Å². The first kappa shape index (κ1) is 16.5. The highest BCUT2D eigenvalue weighted by molar-refractivity contribution is 5.88. The SMILES string of the molecule is Cc1ccccc1CCNC(=O)[C@H](C)NC(=O)C1CCCC1. The second-order valence-corrected chi connectivity index (χ2v) is 6.18. The highest BCUT2D eigenvalue weighted by Gasteiger charge is 2.25. The Morgan fingerprint density at radius 1 is 1.23 bits per heavy atom. The van der Waals surface area contributed by atoms with Crippen molar-refractivity contribution in [2.24, 2.45) is 5.92 Å². The lowest BCUT2D eigenvalue weighted by Gasteiger charge is -2.17. The zero-order chi connectivity index (χ0) is 15.9. The van der Waals surface area contributed by atoms with Crippen molar-refractivity contribution < 1.29 is 9.59 Å². The van der Waals surface area contributed by atoms with Crippen molar-refractivity contribution in [3.63, 3.8) is 0 Å². The standard InChI is InChI=1S/C18H26N2O2/c1-13-7-3-4-8-15(13)11-12-19-17(21)14(2)20-18(22)16-9-5-6-10-16/h3-4,7-8,14,16H,5-6,9-12H2,1-2H3,(H,19,21)(H,20,22)/t14-/m0/s1. The molecular formula is C18H26N2O2. The summed E-state index contributed by atoms with van der Waals surface area (Å²) in [6.07, 6.45) is 4.95. The van der Waals surface area contributed by atoms with Crippen LogP contribution in [-0.2, 0) is 16.0 Å². The van der Waals surface area contributed by atoms with Crippen LogP contribution >= 0.6 is 0 Å². The van der Waals surface area contributed by atoms with Crippen LogP contribution in [0.15, 0.2) is 24.3 Å². The summed E-state index contributed by atoms with van der Waals surface area (Å²) in [5, 5.41) is 5.73. The predicted molar refractivity (Wildman–Crippen MR) is 87.5 cm³/mol. The van der Waals surface area contributed by atoms with Gasteiger partial charge in [0.25, 0.3) is 0 Å². The summed E-state index contributed by atoms with van der Waals surface area (Å²) in [5.41, 5.74) is 2.48. The third-order valence-electron chi connectivity index (χ3n) is 4.43. The zero-order valence-corrected chi connectivity index (χ0v) is 13.5. The summed E-state index contributed by atoms with van der Waals surface area (Å²) in [7, 11) is 0. The molecule has 1 aliphatic carbocycles.